The minimum Gasteiger partial charge on any atom is -0.396 e. The van der Waals surface area contributed by atoms with Crippen molar-refractivity contribution in [2.75, 3.05) is 18.9 Å². The lowest BCUT2D eigenvalue weighted by Gasteiger charge is -2.21. The first-order chi connectivity index (χ1) is 7.37. The SMILES string of the molecule is Cn1ncc(N)c1C(=O)NCC(C)(C)CO. The zero-order valence-corrected chi connectivity index (χ0v) is 9.82. The molecule has 1 rings (SSSR count). The third kappa shape index (κ3) is 2.73. The van der Waals surface area contributed by atoms with E-state index < -0.39 is 0 Å². The van der Waals surface area contributed by atoms with Crippen LogP contribution in [0.3, 0.4) is 0 Å². The summed E-state index contributed by atoms with van der Waals surface area (Å²) in [6, 6.07) is 0. The summed E-state index contributed by atoms with van der Waals surface area (Å²) in [5.41, 5.74) is 5.97. The van der Waals surface area contributed by atoms with E-state index in [2.05, 4.69) is 10.4 Å². The first-order valence-electron chi connectivity index (χ1n) is 5.04. The first kappa shape index (κ1) is 12.5. The van der Waals surface area contributed by atoms with E-state index in [1.165, 1.54) is 10.9 Å². The van der Waals surface area contributed by atoms with Crippen LogP contribution in [-0.4, -0.2) is 33.9 Å². The molecule has 0 radical (unpaired) electrons. The fourth-order valence-corrected chi connectivity index (χ4v) is 1.19. The summed E-state index contributed by atoms with van der Waals surface area (Å²) in [4.78, 5) is 11.8. The second kappa shape index (κ2) is 4.52. The summed E-state index contributed by atoms with van der Waals surface area (Å²) < 4.78 is 1.43. The van der Waals surface area contributed by atoms with Gasteiger partial charge in [0, 0.05) is 25.6 Å². The van der Waals surface area contributed by atoms with Crippen LogP contribution in [0.2, 0.25) is 0 Å². The molecule has 0 aromatic carbocycles. The Labute approximate surface area is 94.4 Å². The van der Waals surface area contributed by atoms with E-state index in [1.54, 1.807) is 7.05 Å². The number of aliphatic hydroxyl groups is 1. The van der Waals surface area contributed by atoms with Crippen LogP contribution in [0, 0.1) is 5.41 Å². The molecular formula is C10H18N4O2. The lowest BCUT2D eigenvalue weighted by molar-refractivity contribution is 0.0902. The van der Waals surface area contributed by atoms with Crippen molar-refractivity contribution in [2.45, 2.75) is 13.8 Å². The molecule has 0 aliphatic rings. The fourth-order valence-electron chi connectivity index (χ4n) is 1.19. The average Bonchev–Trinajstić information content (AvgIpc) is 2.55. The van der Waals surface area contributed by atoms with E-state index in [1.807, 2.05) is 13.8 Å². The van der Waals surface area contributed by atoms with Gasteiger partial charge in [0.1, 0.15) is 5.69 Å². The second-order valence-electron chi connectivity index (χ2n) is 4.58. The van der Waals surface area contributed by atoms with Crippen LogP contribution in [0.4, 0.5) is 5.69 Å². The molecule has 1 aromatic rings. The minimum absolute atomic E-state index is 0.00808. The number of nitrogen functional groups attached to an aromatic ring is 1. The second-order valence-corrected chi connectivity index (χ2v) is 4.58. The number of carbonyl (C=O) groups is 1. The molecule has 6 heteroatoms. The molecule has 0 atom stereocenters. The Morgan fingerprint density at radius 1 is 1.69 bits per heavy atom. The Hall–Kier alpha value is -1.56. The Morgan fingerprint density at radius 3 is 2.75 bits per heavy atom. The molecule has 1 heterocycles. The number of hydrogen-bond donors (Lipinski definition) is 3. The zero-order valence-electron chi connectivity index (χ0n) is 9.82. The summed E-state index contributed by atoms with van der Waals surface area (Å²) in [5.74, 6) is -0.279. The summed E-state index contributed by atoms with van der Waals surface area (Å²) in [7, 11) is 1.66. The topological polar surface area (TPSA) is 93.2 Å². The highest BCUT2D eigenvalue weighted by Gasteiger charge is 2.20. The van der Waals surface area contributed by atoms with Crippen molar-refractivity contribution in [3.8, 4) is 0 Å². The van der Waals surface area contributed by atoms with Crippen molar-refractivity contribution in [3.63, 3.8) is 0 Å². The fraction of sp³-hybridized carbons (Fsp3) is 0.600. The maximum Gasteiger partial charge on any atom is 0.271 e. The molecule has 0 saturated heterocycles. The monoisotopic (exact) mass is 226 g/mol. The number of anilines is 1. The van der Waals surface area contributed by atoms with Gasteiger partial charge in [-0.2, -0.15) is 5.10 Å². The molecule has 0 spiro atoms. The van der Waals surface area contributed by atoms with Crippen molar-refractivity contribution in [2.24, 2.45) is 12.5 Å². The van der Waals surface area contributed by atoms with Gasteiger partial charge < -0.3 is 16.2 Å². The predicted octanol–water partition coefficient (Wildman–Crippen LogP) is -0.249. The number of nitrogens with two attached hydrogens (primary N) is 1. The van der Waals surface area contributed by atoms with Gasteiger partial charge in [0.15, 0.2) is 0 Å². The van der Waals surface area contributed by atoms with Gasteiger partial charge in [-0.1, -0.05) is 13.8 Å². The molecule has 0 aliphatic heterocycles. The average molecular weight is 226 g/mol. The van der Waals surface area contributed by atoms with E-state index in [0.717, 1.165) is 0 Å². The third-order valence-electron chi connectivity index (χ3n) is 2.34. The van der Waals surface area contributed by atoms with Crippen LogP contribution in [0.15, 0.2) is 6.20 Å². The molecule has 1 amide bonds. The first-order valence-corrected chi connectivity index (χ1v) is 5.04. The normalized spacial score (nSPS) is 11.5. The number of nitrogens with one attached hydrogen (secondary N) is 1. The standard InChI is InChI=1S/C10H18N4O2/c1-10(2,6-15)5-12-9(16)8-7(11)4-13-14(8)3/h4,15H,5-6,11H2,1-3H3,(H,12,16). The Kier molecular flexibility index (Phi) is 3.54. The van der Waals surface area contributed by atoms with Crippen LogP contribution in [0.25, 0.3) is 0 Å². The Morgan fingerprint density at radius 2 is 2.31 bits per heavy atom. The summed E-state index contributed by atoms with van der Waals surface area (Å²) in [6.07, 6.45) is 1.44. The lowest BCUT2D eigenvalue weighted by Crippen LogP contribution is -2.37. The number of amides is 1. The van der Waals surface area contributed by atoms with Gasteiger partial charge >= 0.3 is 0 Å². The van der Waals surface area contributed by atoms with Crippen LogP contribution < -0.4 is 11.1 Å². The largest absolute Gasteiger partial charge is 0.396 e. The maximum atomic E-state index is 11.8. The molecule has 0 bridgehead atoms. The Bertz CT molecular complexity index is 365. The van der Waals surface area contributed by atoms with Crippen molar-refractivity contribution in [3.05, 3.63) is 11.9 Å². The van der Waals surface area contributed by atoms with Gasteiger partial charge in [-0.15, -0.1) is 0 Å². The number of aromatic nitrogens is 2. The van der Waals surface area contributed by atoms with E-state index in [9.17, 15) is 4.79 Å². The highest BCUT2D eigenvalue weighted by atomic mass is 16.3. The number of nitrogens with zero attached hydrogens (tertiary/aromatic N) is 2. The number of carbonyl (C=O) groups excluding carboxylic acids is 1. The number of aliphatic hydroxyl groups excluding tert-OH is 1. The molecular weight excluding hydrogens is 208 g/mol. The van der Waals surface area contributed by atoms with E-state index in [0.29, 0.717) is 17.9 Å². The lowest BCUT2D eigenvalue weighted by atomic mass is 9.95. The molecule has 90 valence electrons. The van der Waals surface area contributed by atoms with Crippen LogP contribution in [-0.2, 0) is 7.05 Å². The number of aryl methyl sites for hydroxylation is 1. The molecule has 0 unspecified atom stereocenters. The molecule has 6 nitrogen and oxygen atoms in total. The molecule has 0 fully saturated rings. The minimum atomic E-state index is -0.344. The van der Waals surface area contributed by atoms with E-state index >= 15 is 0 Å². The van der Waals surface area contributed by atoms with Crippen LogP contribution in [0.5, 0.6) is 0 Å². The van der Waals surface area contributed by atoms with Crippen molar-refractivity contribution >= 4 is 11.6 Å². The van der Waals surface area contributed by atoms with Crippen molar-refractivity contribution < 1.29 is 9.90 Å². The van der Waals surface area contributed by atoms with Crippen molar-refractivity contribution in [1.29, 1.82) is 0 Å². The van der Waals surface area contributed by atoms with Gasteiger partial charge in [0.05, 0.1) is 11.9 Å². The smallest absolute Gasteiger partial charge is 0.271 e. The van der Waals surface area contributed by atoms with Crippen molar-refractivity contribution in [1.82, 2.24) is 15.1 Å². The Balaban J connectivity index is 2.67. The summed E-state index contributed by atoms with van der Waals surface area (Å²) in [5, 5.41) is 15.7. The van der Waals surface area contributed by atoms with Gasteiger partial charge in [0.2, 0.25) is 0 Å². The van der Waals surface area contributed by atoms with Gasteiger partial charge in [-0.05, 0) is 0 Å². The quantitative estimate of drug-likeness (QED) is 0.660. The molecule has 4 N–H and O–H groups in total. The van der Waals surface area contributed by atoms with E-state index in [4.69, 9.17) is 10.8 Å². The molecule has 0 saturated carbocycles. The van der Waals surface area contributed by atoms with Gasteiger partial charge in [-0.3, -0.25) is 9.48 Å². The number of hydrogen-bond acceptors (Lipinski definition) is 4. The van der Waals surface area contributed by atoms with Crippen LogP contribution in [0.1, 0.15) is 24.3 Å². The summed E-state index contributed by atoms with van der Waals surface area (Å²) >= 11 is 0. The van der Waals surface area contributed by atoms with Crippen LogP contribution >= 0.6 is 0 Å². The number of rotatable bonds is 4. The molecule has 16 heavy (non-hydrogen) atoms. The summed E-state index contributed by atoms with van der Waals surface area (Å²) in [6.45, 7) is 4.11. The highest BCUT2D eigenvalue weighted by molar-refractivity contribution is 5.97. The predicted molar refractivity (Wildman–Crippen MR) is 60.8 cm³/mol. The third-order valence-corrected chi connectivity index (χ3v) is 2.34. The molecule has 1 aromatic heterocycles. The van der Waals surface area contributed by atoms with Gasteiger partial charge in [-0.25, -0.2) is 0 Å². The highest BCUT2D eigenvalue weighted by Crippen LogP contribution is 2.13. The maximum absolute atomic E-state index is 11.8. The molecule has 0 aliphatic carbocycles. The van der Waals surface area contributed by atoms with Gasteiger partial charge in [0.25, 0.3) is 5.91 Å². The zero-order chi connectivity index (χ0) is 12.3. The van der Waals surface area contributed by atoms with E-state index in [-0.39, 0.29) is 17.9 Å².